The summed E-state index contributed by atoms with van der Waals surface area (Å²) in [4.78, 5) is 34.8. The molecule has 0 radical (unpaired) electrons. The van der Waals surface area contributed by atoms with Crippen molar-refractivity contribution in [3.63, 3.8) is 0 Å². The van der Waals surface area contributed by atoms with E-state index in [1.165, 1.54) is 4.90 Å². The minimum absolute atomic E-state index is 0.142. The smallest absolute Gasteiger partial charge is 0.257 e. The number of allylic oxidation sites excluding steroid dienone is 1. The lowest BCUT2D eigenvalue weighted by Crippen LogP contribution is -2.35. The van der Waals surface area contributed by atoms with Gasteiger partial charge in [0.15, 0.2) is 5.78 Å². The largest absolute Gasteiger partial charge is 0.339 e. The van der Waals surface area contributed by atoms with Crippen LogP contribution in [0.5, 0.6) is 0 Å². The molecule has 84 valence electrons. The van der Waals surface area contributed by atoms with Crippen molar-refractivity contribution in [1.82, 2.24) is 4.90 Å². The van der Waals surface area contributed by atoms with Crippen molar-refractivity contribution in [2.45, 2.75) is 13.8 Å². The predicted octanol–water partition coefficient (Wildman–Crippen LogP) is -0.492. The quantitative estimate of drug-likeness (QED) is 0.279. The number of carbonyl (C=O) groups excluding carboxylic acids is 3. The molecular weight excluding hydrogens is 196 g/mol. The van der Waals surface area contributed by atoms with E-state index in [-0.39, 0.29) is 12.1 Å². The second kappa shape index (κ2) is 6.89. The van der Waals surface area contributed by atoms with E-state index in [1.807, 2.05) is 0 Å². The van der Waals surface area contributed by atoms with Crippen LogP contribution in [0.2, 0.25) is 0 Å². The van der Waals surface area contributed by atoms with Crippen molar-refractivity contribution in [1.29, 1.82) is 0 Å². The number of hydrogen-bond donors (Lipinski definition) is 1. The highest BCUT2D eigenvalue weighted by Gasteiger charge is 2.20. The van der Waals surface area contributed by atoms with Crippen molar-refractivity contribution in [2.75, 3.05) is 19.6 Å². The Balaban J connectivity index is 4.93. The van der Waals surface area contributed by atoms with E-state index < -0.39 is 11.7 Å². The monoisotopic (exact) mass is 212 g/mol. The summed E-state index contributed by atoms with van der Waals surface area (Å²) in [5.74, 6) is -0.957. The summed E-state index contributed by atoms with van der Waals surface area (Å²) in [6, 6.07) is 0. The molecular formula is C10H16N2O3. The van der Waals surface area contributed by atoms with Gasteiger partial charge in [0.2, 0.25) is 0 Å². The summed E-state index contributed by atoms with van der Waals surface area (Å²) in [5, 5.41) is 0. The number of ketones is 1. The molecule has 0 aromatic carbocycles. The van der Waals surface area contributed by atoms with E-state index in [1.54, 1.807) is 13.8 Å². The van der Waals surface area contributed by atoms with Gasteiger partial charge >= 0.3 is 0 Å². The average molecular weight is 212 g/mol. The van der Waals surface area contributed by atoms with Crippen LogP contribution in [0.3, 0.4) is 0 Å². The highest BCUT2D eigenvalue weighted by atomic mass is 16.2. The van der Waals surface area contributed by atoms with Gasteiger partial charge in [-0.2, -0.15) is 0 Å². The summed E-state index contributed by atoms with van der Waals surface area (Å²) in [7, 11) is 0. The molecule has 0 saturated carbocycles. The zero-order valence-corrected chi connectivity index (χ0v) is 9.03. The predicted molar refractivity (Wildman–Crippen MR) is 56.1 cm³/mol. The first-order valence-corrected chi connectivity index (χ1v) is 4.80. The van der Waals surface area contributed by atoms with Crippen LogP contribution in [-0.2, 0) is 14.4 Å². The molecule has 5 heteroatoms. The maximum Gasteiger partial charge on any atom is 0.257 e. The third kappa shape index (κ3) is 3.63. The molecule has 0 atom stereocenters. The van der Waals surface area contributed by atoms with E-state index in [0.717, 1.165) is 6.08 Å². The van der Waals surface area contributed by atoms with Gasteiger partial charge in [-0.1, -0.05) is 0 Å². The summed E-state index contributed by atoms with van der Waals surface area (Å²) in [5.41, 5.74) is 5.00. The fraction of sp³-hybridized carbons (Fsp3) is 0.500. The summed E-state index contributed by atoms with van der Waals surface area (Å²) in [6.45, 7) is 4.30. The van der Waals surface area contributed by atoms with Crippen LogP contribution in [0, 0.1) is 0 Å². The molecule has 0 unspecified atom stereocenters. The van der Waals surface area contributed by atoms with Crippen molar-refractivity contribution in [2.24, 2.45) is 5.73 Å². The van der Waals surface area contributed by atoms with Gasteiger partial charge in [0.25, 0.3) is 5.91 Å². The molecule has 15 heavy (non-hydrogen) atoms. The van der Waals surface area contributed by atoms with Gasteiger partial charge in [0.1, 0.15) is 6.29 Å². The van der Waals surface area contributed by atoms with Crippen molar-refractivity contribution >= 4 is 18.0 Å². The van der Waals surface area contributed by atoms with E-state index in [4.69, 9.17) is 5.73 Å². The Morgan fingerprint density at radius 1 is 1.27 bits per heavy atom. The number of nitrogens with two attached hydrogens (primary N) is 1. The Morgan fingerprint density at radius 3 is 2.13 bits per heavy atom. The van der Waals surface area contributed by atoms with Gasteiger partial charge in [0.05, 0.1) is 12.1 Å². The molecule has 0 heterocycles. The zero-order chi connectivity index (χ0) is 11.8. The Bertz CT molecular complexity index is 280. The topological polar surface area (TPSA) is 80.5 Å². The molecule has 0 saturated heterocycles. The Labute approximate surface area is 88.9 Å². The number of hydrogen-bond acceptors (Lipinski definition) is 4. The minimum atomic E-state index is -0.515. The number of amides is 1. The fourth-order valence-corrected chi connectivity index (χ4v) is 1.14. The maximum atomic E-state index is 11.7. The number of likely N-dealkylation sites (N-methyl/N-ethyl adjacent to an activating group) is 1. The van der Waals surface area contributed by atoms with Crippen LogP contribution in [0.15, 0.2) is 11.6 Å². The summed E-state index contributed by atoms with van der Waals surface area (Å²) >= 11 is 0. The molecule has 5 nitrogen and oxygen atoms in total. The maximum absolute atomic E-state index is 11.7. The van der Waals surface area contributed by atoms with Gasteiger partial charge < -0.3 is 10.6 Å². The summed E-state index contributed by atoms with van der Waals surface area (Å²) in [6.07, 6.45) is 1.39. The number of rotatable bonds is 6. The zero-order valence-electron chi connectivity index (χ0n) is 9.03. The summed E-state index contributed by atoms with van der Waals surface area (Å²) < 4.78 is 0. The molecule has 0 aromatic heterocycles. The molecule has 0 aromatic rings. The van der Waals surface area contributed by atoms with Crippen LogP contribution in [-0.4, -0.2) is 42.5 Å². The lowest BCUT2D eigenvalue weighted by Gasteiger charge is -2.19. The number of nitrogens with zero attached hydrogens (tertiary/aromatic N) is 1. The molecule has 0 spiro atoms. The van der Waals surface area contributed by atoms with Crippen molar-refractivity contribution in [3.05, 3.63) is 11.6 Å². The van der Waals surface area contributed by atoms with E-state index >= 15 is 0 Å². The van der Waals surface area contributed by atoms with Crippen LogP contribution in [0.4, 0.5) is 0 Å². The van der Waals surface area contributed by atoms with Crippen LogP contribution in [0.1, 0.15) is 13.8 Å². The standard InChI is InChI=1S/C10H16N2O3/c1-3-12(4-2)10(15)8(5-6-13)9(14)7-11/h5-6H,3-4,7,11H2,1-2H3. The van der Waals surface area contributed by atoms with Crippen molar-refractivity contribution < 1.29 is 14.4 Å². The first kappa shape index (κ1) is 13.5. The molecule has 0 aliphatic carbocycles. The molecule has 0 aliphatic rings. The normalized spacial score (nSPS) is 11.0. The highest BCUT2D eigenvalue weighted by Crippen LogP contribution is 2.02. The molecule has 1 amide bonds. The molecule has 0 rings (SSSR count). The molecule has 0 bridgehead atoms. The lowest BCUT2D eigenvalue weighted by atomic mass is 10.1. The Hall–Kier alpha value is -1.49. The Kier molecular flexibility index (Phi) is 6.21. The van der Waals surface area contributed by atoms with Crippen LogP contribution < -0.4 is 5.73 Å². The van der Waals surface area contributed by atoms with Crippen LogP contribution in [0.25, 0.3) is 0 Å². The van der Waals surface area contributed by atoms with Gasteiger partial charge in [-0.25, -0.2) is 0 Å². The van der Waals surface area contributed by atoms with Crippen LogP contribution >= 0.6 is 0 Å². The van der Waals surface area contributed by atoms with Crippen molar-refractivity contribution in [3.8, 4) is 0 Å². The number of Topliss-reactive ketones (excluding diaryl/α,β-unsaturated/α-hetero) is 1. The van der Waals surface area contributed by atoms with E-state index in [9.17, 15) is 14.4 Å². The third-order valence-electron chi connectivity index (χ3n) is 2.00. The minimum Gasteiger partial charge on any atom is -0.339 e. The van der Waals surface area contributed by atoms with Gasteiger partial charge in [-0.3, -0.25) is 14.4 Å². The lowest BCUT2D eigenvalue weighted by molar-refractivity contribution is -0.129. The number of aldehydes is 1. The first-order chi connectivity index (χ1) is 7.12. The third-order valence-corrected chi connectivity index (χ3v) is 2.00. The highest BCUT2D eigenvalue weighted by molar-refractivity contribution is 6.21. The second-order valence-corrected chi connectivity index (χ2v) is 2.82. The van der Waals surface area contributed by atoms with Gasteiger partial charge in [-0.05, 0) is 19.9 Å². The van der Waals surface area contributed by atoms with Gasteiger partial charge in [0, 0.05) is 13.1 Å². The first-order valence-electron chi connectivity index (χ1n) is 4.80. The van der Waals surface area contributed by atoms with Gasteiger partial charge in [-0.15, -0.1) is 0 Å². The fourth-order valence-electron chi connectivity index (χ4n) is 1.14. The van der Waals surface area contributed by atoms with E-state index in [0.29, 0.717) is 19.4 Å². The molecule has 2 N–H and O–H groups in total. The average Bonchev–Trinajstić information content (AvgIpc) is 2.26. The SMILES string of the molecule is CCN(CC)C(=O)C(=CC=O)C(=O)CN. The number of carbonyl (C=O) groups is 3. The molecule has 0 aliphatic heterocycles. The molecule has 0 fully saturated rings. The second-order valence-electron chi connectivity index (χ2n) is 2.82. The Morgan fingerprint density at radius 2 is 1.80 bits per heavy atom. The van der Waals surface area contributed by atoms with E-state index in [2.05, 4.69) is 0 Å².